The molecule has 4 rings (SSSR count). The van der Waals surface area contributed by atoms with Crippen molar-refractivity contribution < 1.29 is 17.9 Å². The average Bonchev–Trinajstić information content (AvgIpc) is 2.81. The highest BCUT2D eigenvalue weighted by atomic mass is 19.4. The topological polar surface area (TPSA) is 59.1 Å². The van der Waals surface area contributed by atoms with Crippen LogP contribution in [0, 0.1) is 5.92 Å². The predicted octanol–water partition coefficient (Wildman–Crippen LogP) is 5.97. The quantitative estimate of drug-likeness (QED) is 0.542. The molecule has 182 valence electrons. The van der Waals surface area contributed by atoms with Gasteiger partial charge in [-0.15, -0.1) is 0 Å². The van der Waals surface area contributed by atoms with E-state index in [4.69, 9.17) is 4.74 Å². The monoisotopic (exact) mass is 472 g/mol. The molecule has 5 nitrogen and oxygen atoms in total. The van der Waals surface area contributed by atoms with E-state index in [-0.39, 0.29) is 17.7 Å². The summed E-state index contributed by atoms with van der Waals surface area (Å²) in [5, 5.41) is 6.45. The minimum Gasteiger partial charge on any atom is -0.493 e. The smallest absolute Gasteiger partial charge is 0.421 e. The second-order valence-electron chi connectivity index (χ2n) is 9.19. The molecule has 1 atom stereocenters. The van der Waals surface area contributed by atoms with Crippen LogP contribution in [-0.4, -0.2) is 35.2 Å². The molecule has 8 heteroatoms. The summed E-state index contributed by atoms with van der Waals surface area (Å²) in [6, 6.07) is 8.55. The Morgan fingerprint density at radius 2 is 1.82 bits per heavy atom. The molecule has 1 aliphatic heterocycles. The average molecular weight is 473 g/mol. The zero-order chi connectivity index (χ0) is 24.3. The first kappa shape index (κ1) is 24.3. The number of ether oxygens (including phenoxy) is 1. The van der Waals surface area contributed by atoms with Gasteiger partial charge in [-0.05, 0) is 70.7 Å². The lowest BCUT2D eigenvalue weighted by atomic mass is 9.82. The Morgan fingerprint density at radius 1 is 1.12 bits per heavy atom. The lowest BCUT2D eigenvalue weighted by molar-refractivity contribution is -0.137. The van der Waals surface area contributed by atoms with Crippen LogP contribution in [0.1, 0.15) is 45.6 Å². The molecule has 0 saturated carbocycles. The second-order valence-corrected chi connectivity index (χ2v) is 9.19. The van der Waals surface area contributed by atoms with E-state index in [1.165, 1.54) is 11.1 Å². The molecule has 0 radical (unpaired) electrons. The third-order valence-corrected chi connectivity index (χ3v) is 6.23. The molecule has 0 amide bonds. The first-order valence-electron chi connectivity index (χ1n) is 11.8. The highest BCUT2D eigenvalue weighted by molar-refractivity contribution is 5.59. The summed E-state index contributed by atoms with van der Waals surface area (Å²) in [5.41, 5.74) is 2.19. The number of halogens is 3. The van der Waals surface area contributed by atoms with Gasteiger partial charge in [0.2, 0.25) is 0 Å². The summed E-state index contributed by atoms with van der Waals surface area (Å²) in [6.45, 7) is 7.85. The minimum absolute atomic E-state index is 0.101. The Hall–Kier alpha value is -2.87. The first-order chi connectivity index (χ1) is 16.2. The fraction of sp³-hybridized carbons (Fsp3) is 0.462. The second kappa shape index (κ2) is 10.2. The summed E-state index contributed by atoms with van der Waals surface area (Å²) < 4.78 is 47.6. The minimum atomic E-state index is -4.58. The van der Waals surface area contributed by atoms with Crippen LogP contribution in [-0.2, 0) is 10.9 Å². The van der Waals surface area contributed by atoms with E-state index >= 15 is 0 Å². The van der Waals surface area contributed by atoms with Crippen LogP contribution in [0.2, 0.25) is 0 Å². The number of alkyl halides is 3. The normalized spacial score (nSPS) is 19.9. The number of allylic oxidation sites excluding steroid dienone is 2. The van der Waals surface area contributed by atoms with Gasteiger partial charge < -0.3 is 15.4 Å². The number of hydrogen-bond donors (Lipinski definition) is 2. The van der Waals surface area contributed by atoms with E-state index in [2.05, 4.69) is 27.5 Å². The molecule has 1 fully saturated rings. The van der Waals surface area contributed by atoms with E-state index in [1.54, 1.807) is 24.3 Å². The molecule has 1 unspecified atom stereocenters. The van der Waals surface area contributed by atoms with Gasteiger partial charge in [-0.3, -0.25) is 0 Å². The number of hydrogen-bond acceptors (Lipinski definition) is 5. The van der Waals surface area contributed by atoms with Crippen molar-refractivity contribution in [2.24, 2.45) is 5.92 Å². The van der Waals surface area contributed by atoms with Crippen molar-refractivity contribution in [1.82, 2.24) is 15.3 Å². The molecule has 1 aromatic carbocycles. The van der Waals surface area contributed by atoms with Crippen LogP contribution in [0.15, 0.2) is 59.5 Å². The largest absolute Gasteiger partial charge is 0.493 e. The van der Waals surface area contributed by atoms with Crippen molar-refractivity contribution in [3.05, 3.63) is 65.1 Å². The third-order valence-electron chi connectivity index (χ3n) is 6.23. The molecule has 2 aliphatic rings. The Labute approximate surface area is 198 Å². The summed E-state index contributed by atoms with van der Waals surface area (Å²) >= 11 is 0. The van der Waals surface area contributed by atoms with Crippen molar-refractivity contribution in [2.45, 2.75) is 58.4 Å². The maximum absolute atomic E-state index is 13.8. The fourth-order valence-corrected chi connectivity index (χ4v) is 4.60. The van der Waals surface area contributed by atoms with Gasteiger partial charge in [0.1, 0.15) is 17.1 Å². The molecule has 0 spiro atoms. The van der Waals surface area contributed by atoms with Crippen LogP contribution in [0.25, 0.3) is 11.4 Å². The van der Waals surface area contributed by atoms with Crippen LogP contribution in [0.4, 0.5) is 19.0 Å². The van der Waals surface area contributed by atoms with Crippen LogP contribution >= 0.6 is 0 Å². The van der Waals surface area contributed by atoms with Crippen molar-refractivity contribution in [2.75, 3.05) is 18.4 Å². The number of nitrogens with one attached hydrogen (secondary N) is 2. The molecule has 34 heavy (non-hydrogen) atoms. The first-order valence-corrected chi connectivity index (χ1v) is 11.8. The standard InChI is InChI=1S/C26H31F3N4O/c1-16(2)34-23-14-20(18-9-11-30-12-10-18)17(3)13-22(23)32-25-21(26(27,28)29)15-31-24(33-25)19-7-5-4-6-8-19/h4-8,14-16,18,22,30H,9-13H2,1-3H3,(H,31,32,33). The number of anilines is 1. The van der Waals surface area contributed by atoms with E-state index < -0.39 is 17.8 Å². The molecule has 2 N–H and O–H groups in total. The van der Waals surface area contributed by atoms with Crippen molar-refractivity contribution in [3.8, 4) is 11.4 Å². The van der Waals surface area contributed by atoms with Crippen molar-refractivity contribution >= 4 is 5.82 Å². The van der Waals surface area contributed by atoms with Crippen molar-refractivity contribution in [1.29, 1.82) is 0 Å². The molecule has 0 bridgehead atoms. The Balaban J connectivity index is 1.68. The van der Waals surface area contributed by atoms with Gasteiger partial charge in [0.25, 0.3) is 0 Å². The van der Waals surface area contributed by atoms with Crippen LogP contribution < -0.4 is 10.6 Å². The predicted molar refractivity (Wildman–Crippen MR) is 127 cm³/mol. The Morgan fingerprint density at radius 3 is 2.47 bits per heavy atom. The van der Waals surface area contributed by atoms with E-state index in [0.717, 1.165) is 32.1 Å². The number of rotatable bonds is 6. The van der Waals surface area contributed by atoms with E-state index in [0.29, 0.717) is 23.7 Å². The maximum Gasteiger partial charge on any atom is 0.421 e. The van der Waals surface area contributed by atoms with Gasteiger partial charge in [0, 0.05) is 11.8 Å². The lowest BCUT2D eigenvalue weighted by Gasteiger charge is -2.33. The molecule has 1 aliphatic carbocycles. The third kappa shape index (κ3) is 5.60. The molecule has 1 aromatic heterocycles. The van der Waals surface area contributed by atoms with E-state index in [9.17, 15) is 13.2 Å². The molecule has 2 heterocycles. The molecule has 2 aromatic rings. The summed E-state index contributed by atoms with van der Waals surface area (Å²) in [7, 11) is 0. The van der Waals surface area contributed by atoms with Gasteiger partial charge in [-0.1, -0.05) is 35.9 Å². The van der Waals surface area contributed by atoms with Crippen LogP contribution in [0.5, 0.6) is 0 Å². The summed E-state index contributed by atoms with van der Waals surface area (Å²) in [5.74, 6) is 1.09. The van der Waals surface area contributed by atoms with Gasteiger partial charge in [-0.2, -0.15) is 13.2 Å². The highest BCUT2D eigenvalue weighted by Gasteiger charge is 2.37. The van der Waals surface area contributed by atoms with Crippen LogP contribution in [0.3, 0.4) is 0 Å². The van der Waals surface area contributed by atoms with Gasteiger partial charge in [0.05, 0.1) is 12.1 Å². The van der Waals surface area contributed by atoms with Gasteiger partial charge in [-0.25, -0.2) is 9.97 Å². The Kier molecular flexibility index (Phi) is 7.26. The number of aromatic nitrogens is 2. The number of nitrogens with zero attached hydrogens (tertiary/aromatic N) is 2. The van der Waals surface area contributed by atoms with Gasteiger partial charge >= 0.3 is 6.18 Å². The molecular formula is C26H31F3N4O. The summed E-state index contributed by atoms with van der Waals surface area (Å²) in [4.78, 5) is 8.29. The fourth-order valence-electron chi connectivity index (χ4n) is 4.60. The van der Waals surface area contributed by atoms with Gasteiger partial charge in [0.15, 0.2) is 5.82 Å². The zero-order valence-electron chi connectivity index (χ0n) is 19.7. The molecule has 1 saturated heterocycles. The Bertz CT molecular complexity index is 1060. The lowest BCUT2D eigenvalue weighted by Crippen LogP contribution is -2.33. The SMILES string of the molecule is CC1=C(C2CCNCC2)C=C(OC(C)C)C(Nc2nc(-c3ccccc3)ncc2C(F)(F)F)C1. The number of benzene rings is 1. The highest BCUT2D eigenvalue weighted by Crippen LogP contribution is 2.38. The zero-order valence-corrected chi connectivity index (χ0v) is 19.7. The summed E-state index contributed by atoms with van der Waals surface area (Å²) in [6.07, 6.45) is 0.854. The molecular weight excluding hydrogens is 441 g/mol. The van der Waals surface area contributed by atoms with Crippen molar-refractivity contribution in [3.63, 3.8) is 0 Å². The number of piperidine rings is 1. The maximum atomic E-state index is 13.8. The van der Waals surface area contributed by atoms with E-state index in [1.807, 2.05) is 26.0 Å².